The number of amides is 2. The van der Waals surface area contributed by atoms with Crippen LogP contribution in [-0.4, -0.2) is 84.2 Å². The Morgan fingerprint density at radius 2 is 1.89 bits per heavy atom. The summed E-state index contributed by atoms with van der Waals surface area (Å²) in [5.41, 5.74) is 3.11. The number of carboxylic acid groups (broad SMARTS) is 1. The van der Waals surface area contributed by atoms with Crippen molar-refractivity contribution >= 4 is 23.8 Å². The minimum absolute atomic E-state index is 0.0532. The number of unbranched alkanes of at least 4 members (excludes halogenated alkanes) is 1. The van der Waals surface area contributed by atoms with Gasteiger partial charge < -0.3 is 25.4 Å². The molecular formula is C28H39N5O5. The molecule has 1 aliphatic heterocycles. The van der Waals surface area contributed by atoms with Crippen molar-refractivity contribution in [3.63, 3.8) is 0 Å². The number of hydrogen-bond donors (Lipinski definition) is 3. The largest absolute Gasteiger partial charge is 0.480 e. The third-order valence-corrected chi connectivity index (χ3v) is 6.50. The number of rotatable bonds is 14. The van der Waals surface area contributed by atoms with Crippen molar-refractivity contribution in [2.75, 3.05) is 45.6 Å². The highest BCUT2D eigenvalue weighted by Gasteiger charge is 2.23. The lowest BCUT2D eigenvalue weighted by Gasteiger charge is -2.25. The van der Waals surface area contributed by atoms with E-state index in [1.165, 1.54) is 10.5 Å². The lowest BCUT2D eigenvalue weighted by atomic mass is 10.1. The minimum atomic E-state index is -1.15. The van der Waals surface area contributed by atoms with Gasteiger partial charge in [0.1, 0.15) is 18.5 Å². The average Bonchev–Trinajstić information content (AvgIpc) is 2.92. The Morgan fingerprint density at radius 1 is 1.11 bits per heavy atom. The number of hydrogen-bond acceptors (Lipinski definition) is 7. The highest BCUT2D eigenvalue weighted by atomic mass is 16.5. The van der Waals surface area contributed by atoms with Gasteiger partial charge in [-0.15, -0.1) is 0 Å². The summed E-state index contributed by atoms with van der Waals surface area (Å²) >= 11 is 0. The number of fused-ring (bicyclic) bond motifs is 1. The maximum atomic E-state index is 12.4. The molecule has 0 bridgehead atoms. The number of ether oxygens (including phenoxy) is 1. The number of nitrogens with one attached hydrogen (secondary N) is 2. The monoisotopic (exact) mass is 525 g/mol. The highest BCUT2D eigenvalue weighted by molar-refractivity contribution is 5.80. The zero-order valence-corrected chi connectivity index (χ0v) is 22.3. The maximum Gasteiger partial charge on any atom is 0.408 e. The van der Waals surface area contributed by atoms with Crippen molar-refractivity contribution in [2.45, 2.75) is 51.2 Å². The number of anilines is 1. The van der Waals surface area contributed by atoms with Crippen LogP contribution in [0.15, 0.2) is 42.5 Å². The summed E-state index contributed by atoms with van der Waals surface area (Å²) in [6.07, 6.45) is 4.10. The number of carbonyl (C=O) groups excluding carboxylic acids is 2. The van der Waals surface area contributed by atoms with Gasteiger partial charge in [0, 0.05) is 32.9 Å². The number of carbonyl (C=O) groups is 3. The fourth-order valence-corrected chi connectivity index (χ4v) is 4.23. The van der Waals surface area contributed by atoms with Gasteiger partial charge in [-0.05, 0) is 62.3 Å². The van der Waals surface area contributed by atoms with Gasteiger partial charge in [0.2, 0.25) is 5.91 Å². The number of benzene rings is 1. The molecule has 10 heteroatoms. The topological polar surface area (TPSA) is 124 Å². The molecule has 1 aromatic heterocycles. The van der Waals surface area contributed by atoms with Gasteiger partial charge in [-0.3, -0.25) is 9.69 Å². The van der Waals surface area contributed by atoms with Crippen LogP contribution >= 0.6 is 0 Å². The first-order chi connectivity index (χ1) is 18.3. The smallest absolute Gasteiger partial charge is 0.408 e. The van der Waals surface area contributed by atoms with E-state index in [0.717, 1.165) is 55.7 Å². The molecule has 2 amide bonds. The third kappa shape index (κ3) is 9.66. The van der Waals surface area contributed by atoms with E-state index >= 15 is 0 Å². The van der Waals surface area contributed by atoms with E-state index in [2.05, 4.69) is 22.8 Å². The quantitative estimate of drug-likeness (QED) is 0.322. The van der Waals surface area contributed by atoms with Gasteiger partial charge in [-0.25, -0.2) is 14.6 Å². The fraction of sp³-hybridized carbons (Fsp3) is 0.500. The second-order valence-corrected chi connectivity index (χ2v) is 9.75. The molecule has 2 aromatic rings. The summed E-state index contributed by atoms with van der Waals surface area (Å²) in [5, 5.41) is 15.4. The number of aryl methyl sites for hydroxylation is 2. The van der Waals surface area contributed by atoms with Gasteiger partial charge in [0.05, 0.1) is 6.54 Å². The van der Waals surface area contributed by atoms with Gasteiger partial charge >= 0.3 is 12.1 Å². The molecule has 3 rings (SSSR count). The van der Waals surface area contributed by atoms with Crippen LogP contribution in [0, 0.1) is 0 Å². The first-order valence-corrected chi connectivity index (χ1v) is 13.2. The minimum Gasteiger partial charge on any atom is -0.480 e. The molecule has 0 fully saturated rings. The molecule has 10 nitrogen and oxygen atoms in total. The molecule has 0 saturated carbocycles. The molecule has 1 atom stereocenters. The van der Waals surface area contributed by atoms with E-state index < -0.39 is 18.1 Å². The molecule has 0 radical (unpaired) electrons. The van der Waals surface area contributed by atoms with Crippen molar-refractivity contribution in [3.05, 3.63) is 59.3 Å². The molecular weight excluding hydrogens is 486 g/mol. The Morgan fingerprint density at radius 3 is 2.63 bits per heavy atom. The Kier molecular flexibility index (Phi) is 11.4. The summed E-state index contributed by atoms with van der Waals surface area (Å²) in [7, 11) is 3.39. The molecule has 1 aromatic carbocycles. The summed E-state index contributed by atoms with van der Waals surface area (Å²) in [6, 6.07) is 12.3. The number of pyridine rings is 1. The summed E-state index contributed by atoms with van der Waals surface area (Å²) in [6.45, 7) is 2.16. The maximum absolute atomic E-state index is 12.4. The van der Waals surface area contributed by atoms with E-state index in [9.17, 15) is 19.5 Å². The van der Waals surface area contributed by atoms with Crippen molar-refractivity contribution in [1.29, 1.82) is 0 Å². The molecule has 0 aliphatic carbocycles. The van der Waals surface area contributed by atoms with E-state index in [1.807, 2.05) is 35.2 Å². The van der Waals surface area contributed by atoms with Crippen LogP contribution in [0.5, 0.6) is 0 Å². The number of carboxylic acids is 1. The number of aliphatic carboxylic acids is 1. The Labute approximate surface area is 224 Å². The number of aromatic nitrogens is 1. The van der Waals surface area contributed by atoms with Crippen molar-refractivity contribution in [2.24, 2.45) is 0 Å². The molecule has 206 valence electrons. The molecule has 0 saturated heterocycles. The third-order valence-electron chi connectivity index (χ3n) is 6.50. The number of nitrogens with zero attached hydrogens (tertiary/aromatic N) is 3. The molecule has 1 unspecified atom stereocenters. The van der Waals surface area contributed by atoms with Crippen LogP contribution in [0.25, 0.3) is 0 Å². The Hall–Kier alpha value is -3.66. The summed E-state index contributed by atoms with van der Waals surface area (Å²) in [5.74, 6) is -0.219. The zero-order chi connectivity index (χ0) is 27.3. The molecule has 3 N–H and O–H groups in total. The fourth-order valence-electron chi connectivity index (χ4n) is 4.23. The van der Waals surface area contributed by atoms with E-state index in [1.54, 1.807) is 14.1 Å². The lowest BCUT2D eigenvalue weighted by molar-refractivity contribution is -0.139. The number of likely N-dealkylation sites (N-methyl/N-ethyl adjacent to an activating group) is 1. The van der Waals surface area contributed by atoms with Crippen molar-refractivity contribution < 1.29 is 24.2 Å². The van der Waals surface area contributed by atoms with Crippen LogP contribution in [-0.2, 0) is 33.8 Å². The second kappa shape index (κ2) is 14.9. The normalized spacial score (nSPS) is 13.2. The lowest BCUT2D eigenvalue weighted by Crippen LogP contribution is -2.44. The highest BCUT2D eigenvalue weighted by Crippen LogP contribution is 2.20. The van der Waals surface area contributed by atoms with E-state index in [4.69, 9.17) is 9.72 Å². The van der Waals surface area contributed by atoms with Gasteiger partial charge in [0.25, 0.3) is 0 Å². The van der Waals surface area contributed by atoms with Gasteiger partial charge in [-0.2, -0.15) is 0 Å². The van der Waals surface area contributed by atoms with E-state index in [0.29, 0.717) is 13.1 Å². The van der Waals surface area contributed by atoms with Crippen molar-refractivity contribution in [3.8, 4) is 0 Å². The second-order valence-electron chi connectivity index (χ2n) is 9.75. The summed E-state index contributed by atoms with van der Waals surface area (Å²) in [4.78, 5) is 44.6. The molecule has 1 aliphatic rings. The first-order valence-electron chi connectivity index (χ1n) is 13.2. The van der Waals surface area contributed by atoms with Crippen LogP contribution in [0.4, 0.5) is 10.6 Å². The SMILES string of the molecule is CN(C)C(=O)CN(CCCCc1ccc2c(n1)NCCC2)CCC(NC(=O)OCc1ccccc1)C(=O)O. The standard InChI is InChI=1S/C28H39N5O5/c1-32(2)25(34)19-33(17-7-6-12-23-14-13-22-11-8-16-29-26(22)30-23)18-15-24(27(35)36)31-28(37)38-20-21-9-4-3-5-10-21/h3-5,9-10,13-14,24H,6-8,11-12,15-20H2,1-2H3,(H,29,30)(H,31,37)(H,35,36). The van der Waals surface area contributed by atoms with Crippen LogP contribution in [0.1, 0.15) is 42.5 Å². The van der Waals surface area contributed by atoms with Crippen molar-refractivity contribution in [1.82, 2.24) is 20.1 Å². The van der Waals surface area contributed by atoms with Crippen LogP contribution in [0.3, 0.4) is 0 Å². The zero-order valence-electron chi connectivity index (χ0n) is 22.3. The van der Waals surface area contributed by atoms with Gasteiger partial charge in [0.15, 0.2) is 0 Å². The van der Waals surface area contributed by atoms with Crippen LogP contribution < -0.4 is 10.6 Å². The predicted octanol–water partition coefficient (Wildman–Crippen LogP) is 2.92. The average molecular weight is 526 g/mol. The number of alkyl carbamates (subject to hydrolysis) is 1. The van der Waals surface area contributed by atoms with Gasteiger partial charge in [-0.1, -0.05) is 36.4 Å². The summed E-state index contributed by atoms with van der Waals surface area (Å²) < 4.78 is 5.17. The predicted molar refractivity (Wildman–Crippen MR) is 145 cm³/mol. The van der Waals surface area contributed by atoms with E-state index in [-0.39, 0.29) is 25.5 Å². The Bertz CT molecular complexity index is 1060. The Balaban J connectivity index is 1.48. The van der Waals surface area contributed by atoms with Crippen LogP contribution in [0.2, 0.25) is 0 Å². The molecule has 0 spiro atoms. The first kappa shape index (κ1) is 28.9. The molecule has 38 heavy (non-hydrogen) atoms. The molecule has 2 heterocycles.